The molecule has 0 fully saturated rings. The molecule has 142 valence electrons. The summed E-state index contributed by atoms with van der Waals surface area (Å²) in [5, 5.41) is -0.0357. The monoisotopic (exact) mass is 379 g/mol. The fraction of sp³-hybridized carbons (Fsp3) is 0.556. The van der Waals surface area contributed by atoms with Gasteiger partial charge in [0.15, 0.2) is 0 Å². The van der Waals surface area contributed by atoms with Gasteiger partial charge in [0.25, 0.3) is 5.56 Å². The number of fused-ring (bicyclic) bond motifs is 1. The molecule has 7 nitrogen and oxygen atoms in total. The molecule has 0 amide bonds. The molecule has 0 spiro atoms. The Hall–Kier alpha value is -2.09. The highest BCUT2D eigenvalue weighted by molar-refractivity contribution is 8.00. The van der Waals surface area contributed by atoms with Crippen molar-refractivity contribution in [1.29, 1.82) is 0 Å². The second kappa shape index (κ2) is 8.53. The molecule has 8 heteroatoms. The number of rotatable bonds is 7. The molecule has 0 N–H and O–H groups in total. The van der Waals surface area contributed by atoms with Crippen LogP contribution in [0, 0.1) is 0 Å². The molecule has 0 saturated carbocycles. The molecule has 26 heavy (non-hydrogen) atoms. The fourth-order valence-electron chi connectivity index (χ4n) is 2.80. The molecule has 1 atom stereocenters. The molecule has 2 rings (SSSR count). The highest BCUT2D eigenvalue weighted by atomic mass is 32.2. The first-order valence-corrected chi connectivity index (χ1v) is 9.66. The molecule has 2 heterocycles. The van der Waals surface area contributed by atoms with Gasteiger partial charge in [-0.1, -0.05) is 20.3 Å². The topological polar surface area (TPSA) is 83.2 Å². The number of hydrogen-bond acceptors (Lipinski definition) is 6. The lowest BCUT2D eigenvalue weighted by atomic mass is 10.1. The van der Waals surface area contributed by atoms with Crippen LogP contribution in [0.1, 0.15) is 39.2 Å². The second-order valence-electron chi connectivity index (χ2n) is 6.03. The van der Waals surface area contributed by atoms with E-state index >= 15 is 0 Å². The molecule has 0 aromatic carbocycles. The summed E-state index contributed by atoms with van der Waals surface area (Å²) in [6.07, 6.45) is 3.88. The van der Waals surface area contributed by atoms with Crippen LogP contribution >= 0.6 is 11.8 Å². The van der Waals surface area contributed by atoms with Crippen LogP contribution in [0.2, 0.25) is 0 Å². The van der Waals surface area contributed by atoms with Gasteiger partial charge in [0.05, 0.1) is 12.0 Å². The smallest absolute Gasteiger partial charge is 0.332 e. The Bertz CT molecular complexity index is 933. The van der Waals surface area contributed by atoms with Crippen molar-refractivity contribution in [2.45, 2.75) is 50.2 Å². The Morgan fingerprint density at radius 2 is 1.92 bits per heavy atom. The average Bonchev–Trinajstić information content (AvgIpc) is 2.63. The number of carbonyl (C=O) groups excluding carboxylic acids is 1. The van der Waals surface area contributed by atoms with E-state index < -0.39 is 16.5 Å². The van der Waals surface area contributed by atoms with Gasteiger partial charge in [-0.3, -0.25) is 18.7 Å². The van der Waals surface area contributed by atoms with Crippen LogP contribution in [-0.2, 0) is 30.0 Å². The van der Waals surface area contributed by atoms with Crippen molar-refractivity contribution in [3.05, 3.63) is 32.6 Å². The summed E-state index contributed by atoms with van der Waals surface area (Å²) in [7, 11) is 3.04. The zero-order valence-electron chi connectivity index (χ0n) is 15.9. The largest absolute Gasteiger partial charge is 0.465 e. The summed E-state index contributed by atoms with van der Waals surface area (Å²) in [6, 6.07) is 0. The first kappa shape index (κ1) is 20.2. The number of nitrogens with zero attached hydrogens (tertiary/aromatic N) is 3. The standard InChI is InChI=1S/C18H25N3O4S/c1-6-9-11-10-19-15-13(16(22)21(5)18(24)20(15)4)14(11)26-12(7-2)17(23)25-8-3/h10,12H,6-9H2,1-5H3. The van der Waals surface area contributed by atoms with Crippen molar-refractivity contribution in [2.24, 2.45) is 14.1 Å². The van der Waals surface area contributed by atoms with E-state index in [9.17, 15) is 14.4 Å². The third kappa shape index (κ3) is 3.70. The molecule has 0 bridgehead atoms. The summed E-state index contributed by atoms with van der Waals surface area (Å²) in [5.74, 6) is -0.297. The minimum Gasteiger partial charge on any atom is -0.465 e. The van der Waals surface area contributed by atoms with E-state index in [2.05, 4.69) is 4.98 Å². The van der Waals surface area contributed by atoms with E-state index in [-0.39, 0.29) is 5.97 Å². The predicted octanol–water partition coefficient (Wildman–Crippen LogP) is 2.02. The van der Waals surface area contributed by atoms with Crippen molar-refractivity contribution in [2.75, 3.05) is 6.61 Å². The molecule has 0 saturated heterocycles. The van der Waals surface area contributed by atoms with Crippen molar-refractivity contribution >= 4 is 28.8 Å². The molecule has 2 aromatic heterocycles. The minimum absolute atomic E-state index is 0.297. The number of pyridine rings is 1. The van der Waals surface area contributed by atoms with Crippen molar-refractivity contribution in [1.82, 2.24) is 14.1 Å². The molecular formula is C18H25N3O4S. The van der Waals surface area contributed by atoms with Gasteiger partial charge >= 0.3 is 11.7 Å². The van der Waals surface area contributed by atoms with Crippen molar-refractivity contribution < 1.29 is 9.53 Å². The Morgan fingerprint density at radius 1 is 1.23 bits per heavy atom. The maximum Gasteiger partial charge on any atom is 0.332 e. The highest BCUT2D eigenvalue weighted by Crippen LogP contribution is 2.33. The summed E-state index contributed by atoms with van der Waals surface area (Å²) < 4.78 is 7.60. The van der Waals surface area contributed by atoms with Gasteiger partial charge in [0, 0.05) is 25.2 Å². The van der Waals surface area contributed by atoms with Crippen LogP contribution in [0.5, 0.6) is 0 Å². The van der Waals surface area contributed by atoms with Gasteiger partial charge in [0.1, 0.15) is 10.9 Å². The van der Waals surface area contributed by atoms with E-state index in [1.165, 1.54) is 23.4 Å². The fourth-order valence-corrected chi connectivity index (χ4v) is 4.02. The number of aromatic nitrogens is 3. The zero-order valence-corrected chi connectivity index (χ0v) is 16.7. The summed E-state index contributed by atoms with van der Waals surface area (Å²) in [4.78, 5) is 42.4. The molecule has 0 aliphatic rings. The highest BCUT2D eigenvalue weighted by Gasteiger charge is 2.24. The van der Waals surface area contributed by atoms with Crippen molar-refractivity contribution in [3.8, 4) is 0 Å². The van der Waals surface area contributed by atoms with Crippen LogP contribution in [-0.4, -0.2) is 31.9 Å². The van der Waals surface area contributed by atoms with Gasteiger partial charge in [-0.15, -0.1) is 11.8 Å². The summed E-state index contributed by atoms with van der Waals surface area (Å²) in [5.41, 5.74) is 0.420. The van der Waals surface area contributed by atoms with E-state index in [1.807, 2.05) is 13.8 Å². The molecule has 1 unspecified atom stereocenters. The van der Waals surface area contributed by atoms with Crippen LogP contribution < -0.4 is 11.2 Å². The lowest BCUT2D eigenvalue weighted by Gasteiger charge is -2.18. The second-order valence-corrected chi connectivity index (χ2v) is 7.25. The number of esters is 1. The van der Waals surface area contributed by atoms with Crippen molar-refractivity contribution in [3.63, 3.8) is 0 Å². The third-order valence-corrected chi connectivity index (χ3v) is 5.71. The van der Waals surface area contributed by atoms with Crippen LogP contribution in [0.4, 0.5) is 0 Å². The normalized spacial score (nSPS) is 12.3. The zero-order chi connectivity index (χ0) is 19.4. The molecule has 0 aliphatic heterocycles. The minimum atomic E-state index is -0.424. The predicted molar refractivity (Wildman–Crippen MR) is 103 cm³/mol. The number of carbonyl (C=O) groups is 1. The Balaban J connectivity index is 2.75. The third-order valence-electron chi connectivity index (χ3n) is 4.19. The van der Waals surface area contributed by atoms with E-state index in [4.69, 9.17) is 4.74 Å². The first-order chi connectivity index (χ1) is 12.4. The first-order valence-electron chi connectivity index (χ1n) is 8.78. The maximum atomic E-state index is 12.8. The van der Waals surface area contributed by atoms with Crippen LogP contribution in [0.15, 0.2) is 20.7 Å². The lowest BCUT2D eigenvalue weighted by Crippen LogP contribution is -2.37. The van der Waals surface area contributed by atoms with E-state index in [1.54, 1.807) is 20.2 Å². The average molecular weight is 379 g/mol. The van der Waals surface area contributed by atoms with Gasteiger partial charge in [0.2, 0.25) is 0 Å². The number of hydrogen-bond donors (Lipinski definition) is 0. The maximum absolute atomic E-state index is 12.8. The molecule has 2 aromatic rings. The Kier molecular flexibility index (Phi) is 6.63. The van der Waals surface area contributed by atoms with Gasteiger partial charge < -0.3 is 4.74 Å². The van der Waals surface area contributed by atoms with Crippen LogP contribution in [0.25, 0.3) is 11.0 Å². The van der Waals surface area contributed by atoms with E-state index in [0.717, 1.165) is 23.0 Å². The summed E-state index contributed by atoms with van der Waals surface area (Å²) in [6.45, 7) is 6.03. The van der Waals surface area contributed by atoms with Crippen LogP contribution in [0.3, 0.4) is 0 Å². The Morgan fingerprint density at radius 3 is 2.50 bits per heavy atom. The number of aryl methyl sites for hydroxylation is 2. The number of thioether (sulfide) groups is 1. The summed E-state index contributed by atoms with van der Waals surface area (Å²) >= 11 is 1.33. The molecule has 0 radical (unpaired) electrons. The van der Waals surface area contributed by atoms with Gasteiger partial charge in [-0.25, -0.2) is 9.78 Å². The van der Waals surface area contributed by atoms with Gasteiger partial charge in [-0.2, -0.15) is 0 Å². The lowest BCUT2D eigenvalue weighted by molar-refractivity contribution is -0.142. The molecular weight excluding hydrogens is 354 g/mol. The SMILES string of the molecule is CCCc1cnc2c(c1SC(CC)C(=O)OCC)c(=O)n(C)c(=O)n2C. The van der Waals surface area contributed by atoms with E-state index in [0.29, 0.717) is 29.0 Å². The molecule has 0 aliphatic carbocycles. The Labute approximate surface area is 156 Å². The van der Waals surface area contributed by atoms with Gasteiger partial charge in [-0.05, 0) is 25.3 Å². The number of ether oxygens (including phenoxy) is 1. The quantitative estimate of drug-likeness (QED) is 0.541.